The van der Waals surface area contributed by atoms with Gasteiger partial charge in [0.1, 0.15) is 11.3 Å². The van der Waals surface area contributed by atoms with Gasteiger partial charge in [-0.2, -0.15) is 0 Å². The van der Waals surface area contributed by atoms with Crippen molar-refractivity contribution in [3.63, 3.8) is 0 Å². The van der Waals surface area contributed by atoms with Gasteiger partial charge in [0.2, 0.25) is 5.78 Å². The third-order valence-electron chi connectivity index (χ3n) is 4.47. The fraction of sp³-hybridized carbons (Fsp3) is 0.250. The summed E-state index contributed by atoms with van der Waals surface area (Å²) in [5, 5.41) is 0.966. The molecule has 0 aliphatic carbocycles. The van der Waals surface area contributed by atoms with Crippen molar-refractivity contribution in [2.45, 2.75) is 20.8 Å². The van der Waals surface area contributed by atoms with Crippen LogP contribution in [0.3, 0.4) is 0 Å². The molecule has 0 aliphatic heterocycles. The van der Waals surface area contributed by atoms with Crippen LogP contribution in [0.5, 0.6) is 5.75 Å². The maximum Gasteiger partial charge on any atom is 0.339 e. The normalized spacial score (nSPS) is 10.9. The molecule has 2 aromatic heterocycles. The van der Waals surface area contributed by atoms with Crippen molar-refractivity contribution < 1.29 is 23.5 Å². The Morgan fingerprint density at radius 2 is 1.89 bits per heavy atom. The number of methoxy groups -OCH3 is 1. The van der Waals surface area contributed by atoms with Crippen LogP contribution in [0.1, 0.15) is 37.7 Å². The van der Waals surface area contributed by atoms with Gasteiger partial charge < -0.3 is 18.9 Å². The number of halogens is 1. The SMILES string of the molecule is COC(=O)c1c(C)[nH]c(C(=O)COc2cc3oc(=O)cc(C)c3cc2Cl)c1C. The lowest BCUT2D eigenvalue weighted by Gasteiger charge is -2.09. The second kappa shape index (κ2) is 7.52. The minimum absolute atomic E-state index is 0.213. The van der Waals surface area contributed by atoms with Crippen molar-refractivity contribution in [3.05, 3.63) is 61.7 Å². The fourth-order valence-electron chi connectivity index (χ4n) is 3.08. The summed E-state index contributed by atoms with van der Waals surface area (Å²) in [6.07, 6.45) is 0. The minimum atomic E-state index is -0.519. The first-order chi connectivity index (χ1) is 13.2. The lowest BCUT2D eigenvalue weighted by molar-refractivity contribution is 0.0599. The van der Waals surface area contributed by atoms with E-state index in [1.165, 1.54) is 19.2 Å². The van der Waals surface area contributed by atoms with Crippen LogP contribution in [0.15, 0.2) is 27.4 Å². The molecule has 0 bridgehead atoms. The first-order valence-electron chi connectivity index (χ1n) is 8.40. The Balaban J connectivity index is 1.86. The van der Waals surface area contributed by atoms with E-state index in [-0.39, 0.29) is 28.9 Å². The summed E-state index contributed by atoms with van der Waals surface area (Å²) < 4.78 is 15.5. The summed E-state index contributed by atoms with van der Waals surface area (Å²) in [6.45, 7) is 4.79. The van der Waals surface area contributed by atoms with Gasteiger partial charge in [0, 0.05) is 23.2 Å². The third-order valence-corrected chi connectivity index (χ3v) is 4.76. The van der Waals surface area contributed by atoms with Gasteiger partial charge in [-0.05, 0) is 38.0 Å². The number of fused-ring (bicyclic) bond motifs is 1. The van der Waals surface area contributed by atoms with E-state index in [0.29, 0.717) is 27.8 Å². The van der Waals surface area contributed by atoms with E-state index in [4.69, 9.17) is 25.5 Å². The molecule has 0 saturated carbocycles. The number of hydrogen-bond donors (Lipinski definition) is 1. The van der Waals surface area contributed by atoms with E-state index in [9.17, 15) is 14.4 Å². The summed E-state index contributed by atoms with van der Waals surface area (Å²) in [5.41, 5.74) is 2.17. The highest BCUT2D eigenvalue weighted by atomic mass is 35.5. The van der Waals surface area contributed by atoms with Gasteiger partial charge in [-0.3, -0.25) is 4.79 Å². The van der Waals surface area contributed by atoms with Crippen molar-refractivity contribution >= 4 is 34.3 Å². The van der Waals surface area contributed by atoms with E-state index in [1.54, 1.807) is 26.8 Å². The number of carbonyl (C=O) groups excluding carboxylic acids is 2. The smallest absolute Gasteiger partial charge is 0.339 e. The molecule has 3 rings (SSSR count). The molecule has 0 spiro atoms. The van der Waals surface area contributed by atoms with E-state index < -0.39 is 11.6 Å². The summed E-state index contributed by atoms with van der Waals surface area (Å²) >= 11 is 6.24. The standard InChI is InChI=1S/C20H18ClNO6/c1-9-5-17(24)28-15-7-16(13(21)6-12(9)15)27-8-14(23)19-10(2)18(11(3)22-19)20(25)26-4/h5-7,22H,8H2,1-4H3. The Bertz CT molecular complexity index is 1160. The zero-order chi connectivity index (χ0) is 20.6. The van der Waals surface area contributed by atoms with Gasteiger partial charge in [-0.25, -0.2) is 9.59 Å². The predicted octanol–water partition coefficient (Wildman–Crippen LogP) is 3.75. The summed E-state index contributed by atoms with van der Waals surface area (Å²) in [5.74, 6) is -0.669. The Kier molecular flexibility index (Phi) is 5.29. The Labute approximate surface area is 165 Å². The van der Waals surface area contributed by atoms with Crippen molar-refractivity contribution in [2.24, 2.45) is 0 Å². The zero-order valence-electron chi connectivity index (χ0n) is 15.8. The number of carbonyl (C=O) groups is 2. The lowest BCUT2D eigenvalue weighted by Crippen LogP contribution is -2.14. The fourth-order valence-corrected chi connectivity index (χ4v) is 3.30. The number of nitrogens with one attached hydrogen (secondary N) is 1. The Hall–Kier alpha value is -3.06. The first kappa shape index (κ1) is 19.7. The van der Waals surface area contributed by atoms with Crippen LogP contribution in [0.4, 0.5) is 0 Å². The van der Waals surface area contributed by atoms with E-state index in [2.05, 4.69) is 4.98 Å². The summed E-state index contributed by atoms with van der Waals surface area (Å²) in [6, 6.07) is 4.47. The van der Waals surface area contributed by atoms with E-state index in [0.717, 1.165) is 5.56 Å². The molecule has 7 nitrogen and oxygen atoms in total. The van der Waals surface area contributed by atoms with Gasteiger partial charge in [-0.1, -0.05) is 11.6 Å². The van der Waals surface area contributed by atoms with Gasteiger partial charge >= 0.3 is 11.6 Å². The van der Waals surface area contributed by atoms with Crippen molar-refractivity contribution in [1.82, 2.24) is 4.98 Å². The maximum atomic E-state index is 12.6. The molecule has 0 radical (unpaired) electrons. The molecule has 0 fully saturated rings. The number of H-pyrrole nitrogens is 1. The van der Waals surface area contributed by atoms with E-state index >= 15 is 0 Å². The molecule has 8 heteroatoms. The molecule has 28 heavy (non-hydrogen) atoms. The largest absolute Gasteiger partial charge is 0.484 e. The van der Waals surface area contributed by atoms with Crippen LogP contribution < -0.4 is 10.4 Å². The number of rotatable bonds is 5. The third kappa shape index (κ3) is 3.53. The highest BCUT2D eigenvalue weighted by molar-refractivity contribution is 6.32. The van der Waals surface area contributed by atoms with Crippen LogP contribution in [0, 0.1) is 20.8 Å². The Morgan fingerprint density at radius 1 is 1.18 bits per heavy atom. The zero-order valence-corrected chi connectivity index (χ0v) is 16.5. The first-order valence-corrected chi connectivity index (χ1v) is 8.78. The molecule has 0 aliphatic rings. The van der Waals surface area contributed by atoms with Crippen LogP contribution in [-0.4, -0.2) is 30.5 Å². The van der Waals surface area contributed by atoms with Crippen LogP contribution in [0.2, 0.25) is 5.02 Å². The average molecular weight is 404 g/mol. The number of aromatic amines is 1. The van der Waals surface area contributed by atoms with Crippen LogP contribution in [0.25, 0.3) is 11.0 Å². The average Bonchev–Trinajstić information content (AvgIpc) is 2.94. The monoisotopic (exact) mass is 403 g/mol. The van der Waals surface area contributed by atoms with Gasteiger partial charge in [0.05, 0.1) is 23.4 Å². The second-order valence-corrected chi connectivity index (χ2v) is 6.76. The van der Waals surface area contributed by atoms with Crippen molar-refractivity contribution in [3.8, 4) is 5.75 Å². The lowest BCUT2D eigenvalue weighted by atomic mass is 10.1. The topological polar surface area (TPSA) is 98.6 Å². The molecule has 0 atom stereocenters. The molecule has 0 saturated heterocycles. The summed E-state index contributed by atoms with van der Waals surface area (Å²) in [7, 11) is 1.28. The van der Waals surface area contributed by atoms with Crippen LogP contribution >= 0.6 is 11.6 Å². The number of aryl methyl sites for hydroxylation is 2. The number of esters is 1. The van der Waals surface area contributed by atoms with E-state index in [1.807, 2.05) is 0 Å². The number of benzene rings is 1. The number of hydrogen-bond acceptors (Lipinski definition) is 6. The molecule has 1 aromatic carbocycles. The highest BCUT2D eigenvalue weighted by Gasteiger charge is 2.23. The number of Topliss-reactive ketones (excluding diaryl/α,β-unsaturated/α-hetero) is 1. The minimum Gasteiger partial charge on any atom is -0.484 e. The quantitative estimate of drug-likeness (QED) is 0.395. The van der Waals surface area contributed by atoms with Crippen LogP contribution in [-0.2, 0) is 4.74 Å². The molecule has 0 unspecified atom stereocenters. The molecule has 1 N–H and O–H groups in total. The number of ether oxygens (including phenoxy) is 2. The predicted molar refractivity (Wildman–Crippen MR) is 104 cm³/mol. The molecular weight excluding hydrogens is 386 g/mol. The molecule has 0 amide bonds. The highest BCUT2D eigenvalue weighted by Crippen LogP contribution is 2.31. The van der Waals surface area contributed by atoms with Gasteiger partial charge in [0.15, 0.2) is 6.61 Å². The number of ketones is 1. The molecule has 2 heterocycles. The van der Waals surface area contributed by atoms with Crippen molar-refractivity contribution in [1.29, 1.82) is 0 Å². The molecular formula is C20H18ClNO6. The van der Waals surface area contributed by atoms with Gasteiger partial charge in [-0.15, -0.1) is 0 Å². The summed E-state index contributed by atoms with van der Waals surface area (Å²) in [4.78, 5) is 38.9. The van der Waals surface area contributed by atoms with Crippen molar-refractivity contribution in [2.75, 3.05) is 13.7 Å². The maximum absolute atomic E-state index is 12.6. The van der Waals surface area contributed by atoms with Gasteiger partial charge in [0.25, 0.3) is 0 Å². The number of aromatic nitrogens is 1. The second-order valence-electron chi connectivity index (χ2n) is 6.36. The molecule has 146 valence electrons. The Morgan fingerprint density at radius 3 is 2.57 bits per heavy atom. The molecule has 3 aromatic rings.